The number of hydrogen-bond acceptors (Lipinski definition) is 3. The van der Waals surface area contributed by atoms with Gasteiger partial charge in [0.2, 0.25) is 5.91 Å². The van der Waals surface area contributed by atoms with Crippen LogP contribution < -0.4 is 10.5 Å². The van der Waals surface area contributed by atoms with Gasteiger partial charge in [0.05, 0.1) is 0 Å². The molecule has 1 saturated heterocycles. The summed E-state index contributed by atoms with van der Waals surface area (Å²) in [4.78, 5) is 14.4. The molecule has 1 heterocycles. The van der Waals surface area contributed by atoms with Crippen molar-refractivity contribution < 1.29 is 22.7 Å². The van der Waals surface area contributed by atoms with E-state index in [1.165, 1.54) is 11.1 Å². The van der Waals surface area contributed by atoms with Crippen molar-refractivity contribution in [1.29, 1.82) is 0 Å². The predicted molar refractivity (Wildman–Crippen MR) is 129 cm³/mol. The second-order valence-electron chi connectivity index (χ2n) is 9.03. The molecule has 0 aliphatic carbocycles. The molecule has 0 spiro atoms. The second-order valence-corrected chi connectivity index (χ2v) is 9.03. The van der Waals surface area contributed by atoms with Crippen molar-refractivity contribution in [1.82, 2.24) is 4.90 Å². The standard InChI is InChI=1S/C28H29F3N2O2/c29-25-18-27(31)26(30)16-21(25)15-22(32)17-28(34)33-12-10-24(11-13-33)35-23-8-6-20(7-9-23)14-19-4-2-1-3-5-19/h1-9,16,18,22,24H,10-15,17,32H2. The molecule has 4 nitrogen and oxygen atoms in total. The van der Waals surface area contributed by atoms with E-state index in [-0.39, 0.29) is 30.4 Å². The van der Waals surface area contributed by atoms with E-state index in [4.69, 9.17) is 10.5 Å². The molecule has 7 heteroatoms. The van der Waals surface area contributed by atoms with E-state index in [2.05, 4.69) is 24.3 Å². The van der Waals surface area contributed by atoms with Crippen LogP contribution in [0.4, 0.5) is 13.2 Å². The van der Waals surface area contributed by atoms with E-state index in [0.717, 1.165) is 18.2 Å². The highest BCUT2D eigenvalue weighted by atomic mass is 19.2. The summed E-state index contributed by atoms with van der Waals surface area (Å²) < 4.78 is 46.5. The van der Waals surface area contributed by atoms with Crippen molar-refractivity contribution in [2.24, 2.45) is 5.73 Å². The molecular formula is C28H29F3N2O2. The molecule has 0 bridgehead atoms. The number of nitrogens with zero attached hydrogens (tertiary/aromatic N) is 1. The van der Waals surface area contributed by atoms with Crippen LogP contribution in [-0.2, 0) is 17.6 Å². The normalized spacial score (nSPS) is 15.1. The number of rotatable bonds is 8. The van der Waals surface area contributed by atoms with E-state index < -0.39 is 23.5 Å². The predicted octanol–water partition coefficient (Wildman–Crippen LogP) is 5.02. The molecule has 1 aliphatic heterocycles. The summed E-state index contributed by atoms with van der Waals surface area (Å²) in [7, 11) is 0. The first-order chi connectivity index (χ1) is 16.9. The van der Waals surface area contributed by atoms with Gasteiger partial charge in [0.1, 0.15) is 17.7 Å². The van der Waals surface area contributed by atoms with Gasteiger partial charge in [-0.1, -0.05) is 42.5 Å². The monoisotopic (exact) mass is 482 g/mol. The van der Waals surface area contributed by atoms with Crippen LogP contribution in [0.25, 0.3) is 0 Å². The Morgan fingerprint density at radius 1 is 0.914 bits per heavy atom. The number of nitrogens with two attached hydrogens (primary N) is 1. The SMILES string of the molecule is NC(CC(=O)N1CCC(Oc2ccc(Cc3ccccc3)cc2)CC1)Cc1cc(F)c(F)cc1F. The molecule has 1 amide bonds. The summed E-state index contributed by atoms with van der Waals surface area (Å²) in [6, 6.07) is 19.0. The van der Waals surface area contributed by atoms with Crippen molar-refractivity contribution in [3.63, 3.8) is 0 Å². The molecule has 3 aromatic carbocycles. The number of carbonyl (C=O) groups excluding carboxylic acids is 1. The first-order valence-electron chi connectivity index (χ1n) is 11.8. The van der Waals surface area contributed by atoms with Crippen LogP contribution in [0.1, 0.15) is 36.0 Å². The summed E-state index contributed by atoms with van der Waals surface area (Å²) >= 11 is 0. The average molecular weight is 483 g/mol. The van der Waals surface area contributed by atoms with E-state index in [1.807, 2.05) is 30.3 Å². The lowest BCUT2D eigenvalue weighted by Crippen LogP contribution is -2.43. The Morgan fingerprint density at radius 3 is 2.23 bits per heavy atom. The van der Waals surface area contributed by atoms with E-state index in [1.54, 1.807) is 4.90 Å². The van der Waals surface area contributed by atoms with E-state index in [9.17, 15) is 18.0 Å². The molecule has 1 unspecified atom stereocenters. The molecule has 0 aromatic heterocycles. The smallest absolute Gasteiger partial charge is 0.224 e. The van der Waals surface area contributed by atoms with Gasteiger partial charge in [-0.15, -0.1) is 0 Å². The lowest BCUT2D eigenvalue weighted by atomic mass is 10.0. The molecule has 0 radical (unpaired) electrons. The molecule has 4 rings (SSSR count). The molecule has 3 aromatic rings. The minimum absolute atomic E-state index is 0.00678. The Kier molecular flexibility index (Phi) is 8.08. The number of amides is 1. The van der Waals surface area contributed by atoms with Gasteiger partial charge in [-0.25, -0.2) is 13.2 Å². The fourth-order valence-corrected chi connectivity index (χ4v) is 4.36. The van der Waals surface area contributed by atoms with Crippen molar-refractivity contribution in [3.05, 3.63) is 101 Å². The molecule has 2 N–H and O–H groups in total. The molecule has 1 fully saturated rings. The van der Waals surface area contributed by atoms with Gasteiger partial charge in [-0.05, 0) is 47.7 Å². The van der Waals surface area contributed by atoms with E-state index in [0.29, 0.717) is 32.0 Å². The first-order valence-corrected chi connectivity index (χ1v) is 11.8. The quantitative estimate of drug-likeness (QED) is 0.459. The van der Waals surface area contributed by atoms with Gasteiger partial charge in [-0.2, -0.15) is 0 Å². The van der Waals surface area contributed by atoms with E-state index >= 15 is 0 Å². The van der Waals surface area contributed by atoms with Crippen molar-refractivity contribution in [3.8, 4) is 5.75 Å². The van der Waals surface area contributed by atoms with Crippen LogP contribution >= 0.6 is 0 Å². The second kappa shape index (κ2) is 11.4. The maximum atomic E-state index is 13.9. The van der Waals surface area contributed by atoms with Crippen LogP contribution in [0.2, 0.25) is 0 Å². The lowest BCUT2D eigenvalue weighted by Gasteiger charge is -2.33. The molecule has 0 saturated carbocycles. The molecule has 184 valence electrons. The van der Waals surface area contributed by atoms with Crippen LogP contribution in [0.3, 0.4) is 0 Å². The summed E-state index contributed by atoms with van der Waals surface area (Å²) in [5.74, 6) is -2.57. The fourth-order valence-electron chi connectivity index (χ4n) is 4.36. The Morgan fingerprint density at radius 2 is 1.54 bits per heavy atom. The van der Waals surface area contributed by atoms with Gasteiger partial charge in [0, 0.05) is 44.5 Å². The number of benzene rings is 3. The Labute approximate surface area is 203 Å². The maximum Gasteiger partial charge on any atom is 0.224 e. The van der Waals surface area contributed by atoms with Crippen LogP contribution in [0.5, 0.6) is 5.75 Å². The lowest BCUT2D eigenvalue weighted by molar-refractivity contribution is -0.133. The summed E-state index contributed by atoms with van der Waals surface area (Å²) in [6.07, 6.45) is 2.24. The Bertz CT molecular complexity index is 1130. The zero-order valence-corrected chi connectivity index (χ0v) is 19.4. The molecule has 35 heavy (non-hydrogen) atoms. The number of halogens is 3. The van der Waals surface area contributed by atoms with Gasteiger partial charge < -0.3 is 15.4 Å². The zero-order chi connectivity index (χ0) is 24.8. The largest absolute Gasteiger partial charge is 0.490 e. The Balaban J connectivity index is 1.22. The van der Waals surface area contributed by atoms with Gasteiger partial charge in [0.25, 0.3) is 0 Å². The fraction of sp³-hybridized carbons (Fsp3) is 0.321. The highest BCUT2D eigenvalue weighted by molar-refractivity contribution is 5.77. The summed E-state index contributed by atoms with van der Waals surface area (Å²) in [6.45, 7) is 1.09. The third kappa shape index (κ3) is 6.85. The number of likely N-dealkylation sites (tertiary alicyclic amines) is 1. The highest BCUT2D eigenvalue weighted by Crippen LogP contribution is 2.22. The zero-order valence-electron chi connectivity index (χ0n) is 19.4. The maximum absolute atomic E-state index is 13.9. The summed E-state index contributed by atoms with van der Waals surface area (Å²) in [5.41, 5.74) is 8.44. The topological polar surface area (TPSA) is 55.6 Å². The van der Waals surface area contributed by atoms with Gasteiger partial charge in [-0.3, -0.25) is 4.79 Å². The van der Waals surface area contributed by atoms with Gasteiger partial charge >= 0.3 is 0 Å². The number of carbonyl (C=O) groups is 1. The molecular weight excluding hydrogens is 453 g/mol. The Hall–Kier alpha value is -3.32. The first kappa shape index (κ1) is 24.8. The number of ether oxygens (including phenoxy) is 1. The summed E-state index contributed by atoms with van der Waals surface area (Å²) in [5, 5.41) is 0. The third-order valence-electron chi connectivity index (χ3n) is 6.28. The van der Waals surface area contributed by atoms with Crippen LogP contribution in [0.15, 0.2) is 66.7 Å². The van der Waals surface area contributed by atoms with Crippen molar-refractivity contribution in [2.45, 2.75) is 44.2 Å². The minimum atomic E-state index is -1.25. The van der Waals surface area contributed by atoms with Crippen LogP contribution in [-0.4, -0.2) is 36.0 Å². The minimum Gasteiger partial charge on any atom is -0.490 e. The number of hydrogen-bond donors (Lipinski definition) is 1. The third-order valence-corrected chi connectivity index (χ3v) is 6.28. The number of piperidine rings is 1. The average Bonchev–Trinajstić information content (AvgIpc) is 2.85. The van der Waals surface area contributed by atoms with Crippen LogP contribution in [0, 0.1) is 17.5 Å². The molecule has 1 aliphatic rings. The van der Waals surface area contributed by atoms with Gasteiger partial charge in [0.15, 0.2) is 11.6 Å². The van der Waals surface area contributed by atoms with Crippen molar-refractivity contribution >= 4 is 5.91 Å². The van der Waals surface area contributed by atoms with Crippen molar-refractivity contribution in [2.75, 3.05) is 13.1 Å². The highest BCUT2D eigenvalue weighted by Gasteiger charge is 2.25. The molecule has 1 atom stereocenters.